The molecule has 10 nitrogen and oxygen atoms in total. The van der Waals surface area contributed by atoms with Crippen LogP contribution >= 0.6 is 0 Å². The molecule has 1 aliphatic heterocycles. The molecule has 1 spiro atoms. The number of nitrogens with one attached hydrogen (secondary N) is 1. The lowest BCUT2D eigenvalue weighted by Gasteiger charge is -2.29. The summed E-state index contributed by atoms with van der Waals surface area (Å²) in [6.45, 7) is 2.69. The minimum absolute atomic E-state index is 0.00661. The Morgan fingerprint density at radius 1 is 1.28 bits per heavy atom. The number of carbonyl (C=O) groups excluding carboxylic acids is 3. The summed E-state index contributed by atoms with van der Waals surface area (Å²) in [7, 11) is 1.58. The number of benzene rings is 1. The van der Waals surface area contributed by atoms with E-state index >= 15 is 0 Å². The van der Waals surface area contributed by atoms with E-state index in [4.69, 9.17) is 9.57 Å². The number of halogens is 1. The highest BCUT2D eigenvalue weighted by molar-refractivity contribution is 5.97. The molecule has 0 unspecified atom stereocenters. The number of hydrogen-bond donors (Lipinski definition) is 2. The zero-order valence-electron chi connectivity index (χ0n) is 22.3. The first-order chi connectivity index (χ1) is 18.8. The van der Waals surface area contributed by atoms with E-state index in [0.717, 1.165) is 48.6 Å². The Bertz CT molecular complexity index is 1170. The average molecular weight is 544 g/mol. The van der Waals surface area contributed by atoms with Gasteiger partial charge in [-0.1, -0.05) is 31.9 Å². The van der Waals surface area contributed by atoms with Crippen LogP contribution in [0.15, 0.2) is 42.6 Å². The summed E-state index contributed by atoms with van der Waals surface area (Å²) in [4.78, 5) is 46.3. The second kappa shape index (κ2) is 12.4. The Morgan fingerprint density at radius 3 is 2.64 bits per heavy atom. The molecule has 1 saturated heterocycles. The van der Waals surface area contributed by atoms with Crippen molar-refractivity contribution in [3.05, 3.63) is 54.0 Å². The zero-order valence-corrected chi connectivity index (χ0v) is 22.3. The van der Waals surface area contributed by atoms with Crippen LogP contribution in [0.25, 0.3) is 0 Å². The minimum Gasteiger partial charge on any atom is -0.497 e. The molecule has 2 atom stereocenters. The molecule has 1 aliphatic carbocycles. The van der Waals surface area contributed by atoms with E-state index in [-0.39, 0.29) is 30.3 Å². The SMILES string of the molecule is CCCC[C@H](CN(C=O)OCc1ccc(OC)cc1)C(=O)N1CC2(CC2)C[C@H]1C(=O)Nc1ccc(F)c[n+]1O. The van der Waals surface area contributed by atoms with E-state index in [1.807, 2.05) is 19.1 Å². The average Bonchev–Trinajstić information content (AvgIpc) is 3.59. The van der Waals surface area contributed by atoms with Gasteiger partial charge in [-0.25, -0.2) is 19.6 Å². The highest BCUT2D eigenvalue weighted by Gasteiger charge is 2.56. The number of nitrogens with zero attached hydrogens (tertiary/aromatic N) is 3. The number of aromatic nitrogens is 1. The van der Waals surface area contributed by atoms with Crippen LogP contribution in [0.5, 0.6) is 5.75 Å². The van der Waals surface area contributed by atoms with Gasteiger partial charge in [-0.05, 0) is 59.6 Å². The van der Waals surface area contributed by atoms with Crippen molar-refractivity contribution in [2.75, 3.05) is 25.5 Å². The maximum Gasteiger partial charge on any atom is 0.330 e. The number of ether oxygens (including phenoxy) is 1. The Hall–Kier alpha value is -3.73. The predicted molar refractivity (Wildman–Crippen MR) is 138 cm³/mol. The first-order valence-corrected chi connectivity index (χ1v) is 13.3. The van der Waals surface area contributed by atoms with E-state index in [2.05, 4.69) is 5.32 Å². The van der Waals surface area contributed by atoms with Crippen molar-refractivity contribution in [2.24, 2.45) is 11.3 Å². The number of anilines is 1. The van der Waals surface area contributed by atoms with Crippen molar-refractivity contribution in [2.45, 2.75) is 58.1 Å². The monoisotopic (exact) mass is 543 g/mol. The van der Waals surface area contributed by atoms with Gasteiger partial charge in [0.15, 0.2) is 12.0 Å². The Balaban J connectivity index is 1.45. The second-order valence-electron chi connectivity index (χ2n) is 10.4. The maximum absolute atomic E-state index is 13.9. The van der Waals surface area contributed by atoms with Gasteiger partial charge in [0, 0.05) is 12.6 Å². The minimum atomic E-state index is -0.737. The first-order valence-electron chi connectivity index (χ1n) is 13.3. The molecule has 2 N–H and O–H groups in total. The molecule has 1 aromatic carbocycles. The van der Waals surface area contributed by atoms with Crippen LogP contribution in [0.3, 0.4) is 0 Å². The van der Waals surface area contributed by atoms with Crippen LogP contribution in [-0.4, -0.2) is 59.6 Å². The molecule has 210 valence electrons. The molecule has 0 radical (unpaired) electrons. The van der Waals surface area contributed by atoms with E-state index < -0.39 is 23.7 Å². The smallest absolute Gasteiger partial charge is 0.330 e. The molecular weight excluding hydrogens is 507 g/mol. The van der Waals surface area contributed by atoms with Gasteiger partial charge in [-0.3, -0.25) is 14.4 Å². The van der Waals surface area contributed by atoms with Gasteiger partial charge < -0.3 is 14.8 Å². The molecule has 2 heterocycles. The molecule has 0 bridgehead atoms. The molecule has 39 heavy (non-hydrogen) atoms. The third kappa shape index (κ3) is 7.03. The van der Waals surface area contributed by atoms with Crippen molar-refractivity contribution >= 4 is 24.0 Å². The number of hydrogen-bond acceptors (Lipinski definition) is 6. The fourth-order valence-electron chi connectivity index (χ4n) is 5.03. The highest BCUT2D eigenvalue weighted by atomic mass is 19.1. The molecule has 4 rings (SSSR count). The van der Waals surface area contributed by atoms with Gasteiger partial charge in [0.1, 0.15) is 18.4 Å². The van der Waals surface area contributed by atoms with Crippen molar-refractivity contribution in [1.29, 1.82) is 0 Å². The van der Waals surface area contributed by atoms with E-state index in [1.54, 1.807) is 24.1 Å². The van der Waals surface area contributed by atoms with Gasteiger partial charge in [-0.15, -0.1) is 0 Å². The number of carbonyl (C=O) groups is 3. The van der Waals surface area contributed by atoms with Gasteiger partial charge in [0.05, 0.1) is 19.6 Å². The summed E-state index contributed by atoms with van der Waals surface area (Å²) >= 11 is 0. The molecule has 11 heteroatoms. The number of unbranched alkanes of at least 4 members (excludes halogenated alkanes) is 1. The van der Waals surface area contributed by atoms with Crippen molar-refractivity contribution < 1.29 is 38.3 Å². The molecule has 3 amide bonds. The highest BCUT2D eigenvalue weighted by Crippen LogP contribution is 2.55. The number of hydroxylamine groups is 2. The molecular formula is C28H36FN4O6+. The van der Waals surface area contributed by atoms with E-state index in [9.17, 15) is 24.0 Å². The summed E-state index contributed by atoms with van der Waals surface area (Å²) in [5.74, 6) is -1.14. The van der Waals surface area contributed by atoms with Crippen LogP contribution < -0.4 is 14.8 Å². The van der Waals surface area contributed by atoms with Crippen molar-refractivity contribution in [3.63, 3.8) is 0 Å². The summed E-state index contributed by atoms with van der Waals surface area (Å²) in [5.41, 5.74) is 0.758. The standard InChI is InChI=1S/C28H35FN4O6/c1-3-4-5-21(15-31(19-34)39-17-20-6-9-23(38-2)10-7-20)27(36)32-18-28(12-13-28)14-24(32)26(35)30-25-11-8-22(29)16-33(25)37/h6-11,16,19,21,24,37H,3-5,12-15,17-18H2,1-2H3/p+1/t21-,24+/m1/s1. The fraction of sp³-hybridized carbons (Fsp3) is 0.500. The summed E-state index contributed by atoms with van der Waals surface area (Å²) < 4.78 is 19.0. The predicted octanol–water partition coefficient (Wildman–Crippen LogP) is 3.08. The lowest BCUT2D eigenvalue weighted by atomic mass is 9.99. The summed E-state index contributed by atoms with van der Waals surface area (Å²) in [6.07, 6.45) is 5.98. The van der Waals surface area contributed by atoms with Crippen molar-refractivity contribution in [3.8, 4) is 5.75 Å². The van der Waals surface area contributed by atoms with Gasteiger partial charge in [0.25, 0.3) is 0 Å². The first kappa shape index (κ1) is 28.3. The molecule has 1 aromatic heterocycles. The zero-order chi connectivity index (χ0) is 28.0. The summed E-state index contributed by atoms with van der Waals surface area (Å²) in [6, 6.07) is 8.92. The Morgan fingerprint density at radius 2 is 2.03 bits per heavy atom. The summed E-state index contributed by atoms with van der Waals surface area (Å²) in [5, 5.41) is 13.7. The number of methoxy groups -OCH3 is 1. The van der Waals surface area contributed by atoms with Crippen LogP contribution in [0.4, 0.5) is 10.2 Å². The van der Waals surface area contributed by atoms with Gasteiger partial charge in [0.2, 0.25) is 12.3 Å². The number of amides is 3. The number of likely N-dealkylation sites (tertiary alicyclic amines) is 1. The second-order valence-corrected chi connectivity index (χ2v) is 10.4. The third-order valence-corrected chi connectivity index (χ3v) is 7.52. The van der Waals surface area contributed by atoms with Crippen LogP contribution in [0, 0.1) is 17.2 Å². The third-order valence-electron chi connectivity index (χ3n) is 7.52. The Labute approximate surface area is 227 Å². The lowest BCUT2D eigenvalue weighted by Crippen LogP contribution is -2.49. The van der Waals surface area contributed by atoms with Crippen LogP contribution in [0.1, 0.15) is 51.0 Å². The quantitative estimate of drug-likeness (QED) is 0.174. The van der Waals surface area contributed by atoms with Crippen LogP contribution in [-0.2, 0) is 25.8 Å². The van der Waals surface area contributed by atoms with E-state index in [0.29, 0.717) is 36.3 Å². The molecule has 2 aromatic rings. The van der Waals surface area contributed by atoms with E-state index in [1.165, 1.54) is 6.07 Å². The van der Waals surface area contributed by atoms with Gasteiger partial charge in [-0.2, -0.15) is 0 Å². The molecule has 1 saturated carbocycles. The fourth-order valence-corrected chi connectivity index (χ4v) is 5.03. The number of pyridine rings is 1. The molecule has 2 aliphatic rings. The normalized spacial score (nSPS) is 18.0. The number of rotatable bonds is 13. The largest absolute Gasteiger partial charge is 0.497 e. The van der Waals surface area contributed by atoms with Gasteiger partial charge >= 0.3 is 11.7 Å². The maximum atomic E-state index is 13.9. The van der Waals surface area contributed by atoms with Crippen LogP contribution in [0.2, 0.25) is 0 Å². The lowest BCUT2D eigenvalue weighted by molar-refractivity contribution is -0.894. The van der Waals surface area contributed by atoms with Crippen molar-refractivity contribution in [1.82, 2.24) is 9.96 Å². The Kier molecular flexibility index (Phi) is 9.01. The molecule has 2 fully saturated rings. The topological polar surface area (TPSA) is 112 Å².